The molecule has 1 aromatic carbocycles. The van der Waals surface area contributed by atoms with E-state index in [1.54, 1.807) is 0 Å². The Morgan fingerprint density at radius 2 is 2.10 bits per heavy atom. The molecule has 0 bridgehead atoms. The highest BCUT2D eigenvalue weighted by Crippen LogP contribution is 2.26. The monoisotopic (exact) mass is 310 g/mol. The average Bonchev–Trinajstić information content (AvgIpc) is 2.66. The first-order chi connectivity index (χ1) is 9.28. The van der Waals surface area contributed by atoms with Crippen LogP contribution in [0, 0.1) is 5.82 Å². The quantitative estimate of drug-likeness (QED) is 0.870. The normalized spacial score (nSPS) is 19.6. The van der Waals surface area contributed by atoms with Gasteiger partial charge in [0, 0.05) is 6.54 Å². The number of nitrogens with one attached hydrogen (secondary N) is 1. The molecule has 2 rings (SSSR count). The molecule has 0 radical (unpaired) electrons. The first-order valence-corrected chi connectivity index (χ1v) is 6.22. The van der Waals surface area contributed by atoms with E-state index in [9.17, 15) is 22.4 Å². The van der Waals surface area contributed by atoms with Crippen LogP contribution in [-0.2, 0) is 4.79 Å². The summed E-state index contributed by atoms with van der Waals surface area (Å²) in [5, 5.41) is 2.48. The molecule has 0 spiro atoms. The highest BCUT2D eigenvalue weighted by Gasteiger charge is 2.39. The van der Waals surface area contributed by atoms with E-state index in [0.29, 0.717) is 4.90 Å². The van der Waals surface area contributed by atoms with Crippen LogP contribution in [0.2, 0.25) is 5.02 Å². The lowest BCUT2D eigenvalue weighted by Gasteiger charge is -2.19. The summed E-state index contributed by atoms with van der Waals surface area (Å²) in [7, 11) is 0. The predicted molar refractivity (Wildman–Crippen MR) is 66.1 cm³/mol. The second-order valence-corrected chi connectivity index (χ2v) is 4.87. The lowest BCUT2D eigenvalue weighted by atomic mass is 10.2. The third kappa shape index (κ3) is 3.33. The zero-order chi connectivity index (χ0) is 14.9. The summed E-state index contributed by atoms with van der Waals surface area (Å²) in [4.78, 5) is 12.5. The lowest BCUT2D eigenvalue weighted by Crippen LogP contribution is -2.39. The minimum atomic E-state index is -4.44. The second-order valence-electron chi connectivity index (χ2n) is 4.46. The summed E-state index contributed by atoms with van der Waals surface area (Å²) in [5.41, 5.74) is 0.00436. The lowest BCUT2D eigenvalue weighted by molar-refractivity contribution is -0.157. The van der Waals surface area contributed by atoms with Crippen molar-refractivity contribution in [3.63, 3.8) is 0 Å². The maximum atomic E-state index is 13.7. The van der Waals surface area contributed by atoms with E-state index in [4.69, 9.17) is 11.6 Å². The Hall–Kier alpha value is -1.50. The van der Waals surface area contributed by atoms with Crippen molar-refractivity contribution in [2.24, 2.45) is 0 Å². The molecule has 1 atom stereocenters. The Kier molecular flexibility index (Phi) is 4.08. The molecule has 1 aromatic rings. The van der Waals surface area contributed by atoms with Gasteiger partial charge in [-0.05, 0) is 18.6 Å². The molecule has 0 aliphatic carbocycles. The van der Waals surface area contributed by atoms with E-state index in [1.807, 2.05) is 0 Å². The second kappa shape index (κ2) is 5.47. The van der Waals surface area contributed by atoms with Gasteiger partial charge in [0.1, 0.15) is 12.6 Å². The van der Waals surface area contributed by atoms with Crippen molar-refractivity contribution in [2.75, 3.05) is 18.4 Å². The van der Waals surface area contributed by atoms with Crippen LogP contribution in [-0.4, -0.2) is 36.1 Å². The molecule has 8 heteroatoms. The number of hydrogen-bond donors (Lipinski definition) is 1. The highest BCUT2D eigenvalue weighted by molar-refractivity contribution is 6.31. The van der Waals surface area contributed by atoms with E-state index in [0.717, 1.165) is 0 Å². The SMILES string of the molecule is O=C1[C@@H](Nc2cccc(Cl)c2F)CCN1CC(F)(F)F. The number of likely N-dealkylation sites (tertiary alicyclic amines) is 1. The standard InChI is InChI=1S/C12H11ClF4N2O/c13-7-2-1-3-8(10(7)14)18-9-4-5-19(11(9)20)6-12(15,16)17/h1-3,9,18H,4-6H2/t9-/m0/s1. The molecule has 1 aliphatic heterocycles. The number of alkyl halides is 3. The van der Waals surface area contributed by atoms with Gasteiger partial charge >= 0.3 is 6.18 Å². The Balaban J connectivity index is 2.05. The molecule has 110 valence electrons. The first-order valence-electron chi connectivity index (χ1n) is 5.84. The van der Waals surface area contributed by atoms with Gasteiger partial charge in [-0.15, -0.1) is 0 Å². The molecule has 0 unspecified atom stereocenters. The van der Waals surface area contributed by atoms with Crippen LogP contribution in [0.1, 0.15) is 6.42 Å². The third-order valence-electron chi connectivity index (χ3n) is 2.95. The van der Waals surface area contributed by atoms with E-state index in [-0.39, 0.29) is 23.7 Å². The molecule has 3 nitrogen and oxygen atoms in total. The fourth-order valence-electron chi connectivity index (χ4n) is 2.05. The van der Waals surface area contributed by atoms with E-state index in [1.165, 1.54) is 18.2 Å². The largest absolute Gasteiger partial charge is 0.406 e. The van der Waals surface area contributed by atoms with Gasteiger partial charge < -0.3 is 10.2 Å². The van der Waals surface area contributed by atoms with Crippen molar-refractivity contribution >= 4 is 23.2 Å². The molecular formula is C12H11ClF4N2O. The fourth-order valence-corrected chi connectivity index (χ4v) is 2.22. The number of carbonyl (C=O) groups is 1. The average molecular weight is 311 g/mol. The summed E-state index contributed by atoms with van der Waals surface area (Å²) < 4.78 is 50.4. The Bertz CT molecular complexity index is 521. The summed E-state index contributed by atoms with van der Waals surface area (Å²) in [5.74, 6) is -1.42. The third-order valence-corrected chi connectivity index (χ3v) is 3.24. The number of benzene rings is 1. The van der Waals surface area contributed by atoms with Gasteiger partial charge in [-0.25, -0.2) is 4.39 Å². The molecule has 0 aromatic heterocycles. The summed E-state index contributed by atoms with van der Waals surface area (Å²) in [6, 6.07) is 3.33. The minimum absolute atomic E-state index is 0.00436. The van der Waals surface area contributed by atoms with Crippen LogP contribution < -0.4 is 5.32 Å². The van der Waals surface area contributed by atoms with Crippen molar-refractivity contribution in [3.05, 3.63) is 29.0 Å². The molecule has 1 fully saturated rings. The smallest absolute Gasteiger partial charge is 0.371 e. The zero-order valence-electron chi connectivity index (χ0n) is 10.2. The Labute approximate surface area is 117 Å². The van der Waals surface area contributed by atoms with Crippen LogP contribution in [0.3, 0.4) is 0 Å². The van der Waals surface area contributed by atoms with Crippen LogP contribution in [0.15, 0.2) is 18.2 Å². The van der Waals surface area contributed by atoms with Crippen molar-refractivity contribution < 1.29 is 22.4 Å². The summed E-state index contributed by atoms with van der Waals surface area (Å²) >= 11 is 5.59. The number of nitrogens with zero attached hydrogens (tertiary/aromatic N) is 1. The van der Waals surface area contributed by atoms with Gasteiger partial charge in [-0.1, -0.05) is 17.7 Å². The van der Waals surface area contributed by atoms with Crippen LogP contribution in [0.4, 0.5) is 23.2 Å². The number of amides is 1. The van der Waals surface area contributed by atoms with Crippen molar-refractivity contribution in [1.82, 2.24) is 4.90 Å². The van der Waals surface area contributed by atoms with Gasteiger partial charge in [0.2, 0.25) is 5.91 Å². The molecule has 1 N–H and O–H groups in total. The molecular weight excluding hydrogens is 300 g/mol. The summed E-state index contributed by atoms with van der Waals surface area (Å²) in [6.45, 7) is -1.31. The van der Waals surface area contributed by atoms with Crippen LogP contribution >= 0.6 is 11.6 Å². The van der Waals surface area contributed by atoms with Crippen molar-refractivity contribution in [2.45, 2.75) is 18.6 Å². The Morgan fingerprint density at radius 3 is 2.75 bits per heavy atom. The zero-order valence-corrected chi connectivity index (χ0v) is 10.9. The summed E-state index contributed by atoms with van der Waals surface area (Å²) in [6.07, 6.45) is -4.26. The number of carbonyl (C=O) groups excluding carboxylic acids is 1. The maximum absolute atomic E-state index is 13.7. The van der Waals surface area contributed by atoms with Crippen LogP contribution in [0.5, 0.6) is 0 Å². The van der Waals surface area contributed by atoms with Gasteiger partial charge in [0.05, 0.1) is 10.7 Å². The maximum Gasteiger partial charge on any atom is 0.406 e. The van der Waals surface area contributed by atoms with Gasteiger partial charge in [-0.3, -0.25) is 4.79 Å². The van der Waals surface area contributed by atoms with E-state index >= 15 is 0 Å². The van der Waals surface area contributed by atoms with Crippen LogP contribution in [0.25, 0.3) is 0 Å². The van der Waals surface area contributed by atoms with Gasteiger partial charge in [0.15, 0.2) is 5.82 Å². The molecule has 0 saturated carbocycles. The fraction of sp³-hybridized carbons (Fsp3) is 0.417. The molecule has 20 heavy (non-hydrogen) atoms. The molecule has 1 heterocycles. The van der Waals surface area contributed by atoms with Crippen molar-refractivity contribution in [1.29, 1.82) is 0 Å². The van der Waals surface area contributed by atoms with E-state index < -0.39 is 30.5 Å². The minimum Gasteiger partial charge on any atom is -0.371 e. The molecule has 1 saturated heterocycles. The highest BCUT2D eigenvalue weighted by atomic mass is 35.5. The van der Waals surface area contributed by atoms with E-state index in [2.05, 4.69) is 5.32 Å². The number of hydrogen-bond acceptors (Lipinski definition) is 2. The number of anilines is 1. The Morgan fingerprint density at radius 1 is 1.40 bits per heavy atom. The number of halogens is 5. The first kappa shape index (κ1) is 14.9. The molecule has 1 amide bonds. The predicted octanol–water partition coefficient (Wildman–Crippen LogP) is 3.05. The van der Waals surface area contributed by atoms with Gasteiger partial charge in [0.25, 0.3) is 0 Å². The number of rotatable bonds is 3. The topological polar surface area (TPSA) is 32.3 Å². The van der Waals surface area contributed by atoms with Gasteiger partial charge in [-0.2, -0.15) is 13.2 Å². The van der Waals surface area contributed by atoms with Crippen molar-refractivity contribution in [3.8, 4) is 0 Å². The molecule has 1 aliphatic rings.